The zero-order valence-electron chi connectivity index (χ0n) is 18.1. The molecule has 0 bridgehead atoms. The van der Waals surface area contributed by atoms with Crippen LogP contribution in [-0.4, -0.2) is 61.6 Å². The van der Waals surface area contributed by atoms with Crippen LogP contribution in [0.25, 0.3) is 11.0 Å². The van der Waals surface area contributed by atoms with E-state index in [1.807, 2.05) is 53.4 Å². The summed E-state index contributed by atoms with van der Waals surface area (Å²) in [5, 5.41) is 8.25. The fraction of sp³-hybridized carbons (Fsp3) is 0.333. The average molecular weight is 444 g/mol. The summed E-state index contributed by atoms with van der Waals surface area (Å²) in [5.74, 6) is 2.70. The van der Waals surface area contributed by atoms with E-state index in [0.29, 0.717) is 37.9 Å². The lowest BCUT2D eigenvalue weighted by Gasteiger charge is -2.30. The van der Waals surface area contributed by atoms with Gasteiger partial charge in [0.2, 0.25) is 0 Å². The highest BCUT2D eigenvalue weighted by Gasteiger charge is 2.28. The van der Waals surface area contributed by atoms with Gasteiger partial charge in [0.1, 0.15) is 12.4 Å². The predicted octanol–water partition coefficient (Wildman–Crippen LogP) is 3.01. The third-order valence-corrected chi connectivity index (χ3v) is 6.29. The smallest absolute Gasteiger partial charge is 0.276 e. The number of nitrogens with one attached hydrogen (secondary N) is 1. The van der Waals surface area contributed by atoms with Crippen LogP contribution in [0.2, 0.25) is 0 Å². The summed E-state index contributed by atoms with van der Waals surface area (Å²) in [6, 6.07) is 15.6. The maximum Gasteiger partial charge on any atom is 0.276 e. The van der Waals surface area contributed by atoms with E-state index in [4.69, 9.17) is 14.5 Å². The lowest BCUT2D eigenvalue weighted by Crippen LogP contribution is -2.38. The van der Waals surface area contributed by atoms with Crippen molar-refractivity contribution in [2.75, 3.05) is 19.7 Å². The van der Waals surface area contributed by atoms with E-state index in [-0.39, 0.29) is 12.0 Å². The first-order valence-electron chi connectivity index (χ1n) is 11.3. The molecule has 2 aromatic heterocycles. The number of aromatic nitrogens is 5. The zero-order chi connectivity index (χ0) is 22.2. The number of H-pyrrole nitrogens is 1. The van der Waals surface area contributed by atoms with Crippen molar-refractivity contribution in [2.24, 2.45) is 0 Å². The van der Waals surface area contributed by atoms with Gasteiger partial charge in [-0.25, -0.2) is 9.67 Å². The Kier molecular flexibility index (Phi) is 4.93. The molecule has 4 heterocycles. The third-order valence-electron chi connectivity index (χ3n) is 6.29. The fourth-order valence-corrected chi connectivity index (χ4v) is 4.53. The van der Waals surface area contributed by atoms with Crippen molar-refractivity contribution >= 4 is 16.9 Å². The lowest BCUT2D eigenvalue weighted by atomic mass is 9.96. The number of hydrogen-bond acceptors (Lipinski definition) is 6. The third kappa shape index (κ3) is 3.90. The zero-order valence-corrected chi connectivity index (χ0v) is 18.1. The van der Waals surface area contributed by atoms with Gasteiger partial charge in [0.25, 0.3) is 5.91 Å². The number of imidazole rings is 1. The molecule has 1 amide bonds. The quantitative estimate of drug-likeness (QED) is 0.520. The number of amides is 1. The van der Waals surface area contributed by atoms with Crippen LogP contribution >= 0.6 is 0 Å². The first-order valence-corrected chi connectivity index (χ1v) is 11.3. The molecule has 0 aliphatic carbocycles. The Morgan fingerprint density at radius 1 is 1.06 bits per heavy atom. The van der Waals surface area contributed by atoms with Crippen LogP contribution in [0.4, 0.5) is 0 Å². The number of para-hydroxylation sites is 4. The van der Waals surface area contributed by atoms with Crippen molar-refractivity contribution in [3.63, 3.8) is 0 Å². The number of aromatic amines is 1. The van der Waals surface area contributed by atoms with E-state index < -0.39 is 0 Å². The standard InChI is InChI=1S/C24H24N6O3/c31-24(29-11-9-16(10-12-29)23-25-18-5-1-2-6-19(18)26-23)20-14-30(28-27-20)13-17-15-32-21-7-3-4-8-22(21)33-17/h1-8,14,16-17H,9-13,15H2,(H,25,26)/t17-/m0/s1. The van der Waals surface area contributed by atoms with Gasteiger partial charge in [-0.3, -0.25) is 4.79 Å². The topological polar surface area (TPSA) is 98.2 Å². The molecule has 6 rings (SSSR count). The van der Waals surface area contributed by atoms with Gasteiger partial charge in [0.05, 0.1) is 23.8 Å². The number of rotatable bonds is 4. The summed E-state index contributed by atoms with van der Waals surface area (Å²) in [5.41, 5.74) is 2.39. The lowest BCUT2D eigenvalue weighted by molar-refractivity contribution is 0.0704. The van der Waals surface area contributed by atoms with E-state index in [0.717, 1.165) is 41.2 Å². The van der Waals surface area contributed by atoms with Gasteiger partial charge in [-0.1, -0.05) is 29.5 Å². The number of carbonyl (C=O) groups excluding carboxylic acids is 1. The molecule has 0 saturated carbocycles. The van der Waals surface area contributed by atoms with Crippen molar-refractivity contribution < 1.29 is 14.3 Å². The van der Waals surface area contributed by atoms with E-state index in [1.165, 1.54) is 0 Å². The van der Waals surface area contributed by atoms with Crippen molar-refractivity contribution in [3.8, 4) is 11.5 Å². The van der Waals surface area contributed by atoms with Gasteiger partial charge in [0, 0.05) is 19.0 Å². The van der Waals surface area contributed by atoms with Gasteiger partial charge in [-0.05, 0) is 37.1 Å². The molecule has 2 aliphatic heterocycles. The fourth-order valence-electron chi connectivity index (χ4n) is 4.53. The molecule has 2 aromatic carbocycles. The van der Waals surface area contributed by atoms with Gasteiger partial charge in [-0.15, -0.1) is 5.10 Å². The monoisotopic (exact) mass is 444 g/mol. The first kappa shape index (κ1) is 19.8. The molecule has 2 aliphatic rings. The molecule has 168 valence electrons. The van der Waals surface area contributed by atoms with Gasteiger partial charge in [-0.2, -0.15) is 0 Å². The Hall–Kier alpha value is -3.88. The van der Waals surface area contributed by atoms with E-state index >= 15 is 0 Å². The largest absolute Gasteiger partial charge is 0.486 e. The SMILES string of the molecule is O=C(c1cn(C[C@H]2COc3ccccc3O2)nn1)N1CCC(c2nc3ccccc3[nH]2)CC1. The predicted molar refractivity (Wildman–Crippen MR) is 120 cm³/mol. The van der Waals surface area contributed by atoms with Crippen LogP contribution < -0.4 is 9.47 Å². The molecule has 1 atom stereocenters. The van der Waals surface area contributed by atoms with Crippen molar-refractivity contribution in [3.05, 3.63) is 66.2 Å². The molecule has 33 heavy (non-hydrogen) atoms. The highest BCUT2D eigenvalue weighted by molar-refractivity contribution is 5.92. The maximum absolute atomic E-state index is 13.0. The van der Waals surface area contributed by atoms with Crippen molar-refractivity contribution in [2.45, 2.75) is 31.4 Å². The van der Waals surface area contributed by atoms with E-state index in [1.54, 1.807) is 10.9 Å². The van der Waals surface area contributed by atoms with Gasteiger partial charge < -0.3 is 19.4 Å². The van der Waals surface area contributed by atoms with Crippen molar-refractivity contribution in [1.82, 2.24) is 29.9 Å². The number of ether oxygens (including phenoxy) is 2. The van der Waals surface area contributed by atoms with Crippen LogP contribution in [0.1, 0.15) is 35.1 Å². The summed E-state index contributed by atoms with van der Waals surface area (Å²) in [4.78, 5) is 23.0. The Morgan fingerprint density at radius 3 is 2.70 bits per heavy atom. The number of fused-ring (bicyclic) bond motifs is 2. The molecule has 1 fully saturated rings. The highest BCUT2D eigenvalue weighted by Crippen LogP contribution is 2.31. The minimum Gasteiger partial charge on any atom is -0.486 e. The van der Waals surface area contributed by atoms with E-state index in [2.05, 4.69) is 15.3 Å². The molecule has 0 unspecified atom stereocenters. The molecular formula is C24H24N6O3. The van der Waals surface area contributed by atoms with Crippen LogP contribution in [-0.2, 0) is 6.54 Å². The minimum absolute atomic E-state index is 0.0875. The summed E-state index contributed by atoms with van der Waals surface area (Å²) in [6.45, 7) is 2.23. The summed E-state index contributed by atoms with van der Waals surface area (Å²) >= 11 is 0. The number of likely N-dealkylation sites (tertiary alicyclic amines) is 1. The second-order valence-corrected chi connectivity index (χ2v) is 8.53. The summed E-state index contributed by atoms with van der Waals surface area (Å²) < 4.78 is 13.4. The second kappa shape index (κ2) is 8.23. The molecular weight excluding hydrogens is 420 g/mol. The molecule has 4 aromatic rings. The normalized spacial score (nSPS) is 18.5. The Bertz CT molecular complexity index is 1260. The number of hydrogen-bond donors (Lipinski definition) is 1. The number of benzene rings is 2. The number of nitrogens with zero attached hydrogens (tertiary/aromatic N) is 5. The van der Waals surface area contributed by atoms with Gasteiger partial charge >= 0.3 is 0 Å². The molecule has 0 spiro atoms. The maximum atomic E-state index is 13.0. The van der Waals surface area contributed by atoms with Crippen LogP contribution in [0, 0.1) is 0 Å². The Morgan fingerprint density at radius 2 is 1.85 bits per heavy atom. The Labute approximate surface area is 190 Å². The van der Waals surface area contributed by atoms with Crippen LogP contribution in [0.5, 0.6) is 11.5 Å². The molecule has 9 heteroatoms. The molecule has 0 radical (unpaired) electrons. The van der Waals surface area contributed by atoms with Crippen LogP contribution in [0.3, 0.4) is 0 Å². The van der Waals surface area contributed by atoms with Crippen molar-refractivity contribution in [1.29, 1.82) is 0 Å². The molecule has 9 nitrogen and oxygen atoms in total. The molecule has 1 N–H and O–H groups in total. The second-order valence-electron chi connectivity index (χ2n) is 8.53. The Balaban J connectivity index is 1.06. The summed E-state index contributed by atoms with van der Waals surface area (Å²) in [7, 11) is 0. The van der Waals surface area contributed by atoms with E-state index in [9.17, 15) is 4.79 Å². The summed E-state index contributed by atoms with van der Waals surface area (Å²) in [6.07, 6.45) is 3.24. The van der Waals surface area contributed by atoms with Crippen LogP contribution in [0.15, 0.2) is 54.7 Å². The first-order chi connectivity index (χ1) is 16.2. The number of piperidine rings is 1. The number of carbonyl (C=O) groups is 1. The minimum atomic E-state index is -0.191. The average Bonchev–Trinajstić information content (AvgIpc) is 3.51. The van der Waals surface area contributed by atoms with Gasteiger partial charge in [0.15, 0.2) is 23.3 Å². The highest BCUT2D eigenvalue weighted by atomic mass is 16.6. The molecule has 1 saturated heterocycles.